The number of aryl methyl sites for hydroxylation is 1. The summed E-state index contributed by atoms with van der Waals surface area (Å²) in [5.74, 6) is -0.482. The van der Waals surface area contributed by atoms with Gasteiger partial charge >= 0.3 is 5.97 Å². The molecule has 1 aliphatic carbocycles. The number of nitrogens with one attached hydrogen (secondary N) is 1. The summed E-state index contributed by atoms with van der Waals surface area (Å²) in [6, 6.07) is 14.9. The van der Waals surface area contributed by atoms with Crippen LogP contribution in [-0.2, 0) is 22.4 Å². The van der Waals surface area contributed by atoms with Crippen LogP contribution >= 0.6 is 15.9 Å². The van der Waals surface area contributed by atoms with Gasteiger partial charge in [-0.1, -0.05) is 52.3 Å². The highest BCUT2D eigenvalue weighted by molar-refractivity contribution is 9.10. The number of hydrogen-bond acceptors (Lipinski definition) is 5. The Labute approximate surface area is 166 Å². The minimum atomic E-state index is -0.472. The van der Waals surface area contributed by atoms with Gasteiger partial charge in [-0.2, -0.15) is 5.10 Å². The van der Waals surface area contributed by atoms with Gasteiger partial charge in [0.1, 0.15) is 11.8 Å². The predicted molar refractivity (Wildman–Crippen MR) is 108 cm³/mol. The van der Waals surface area contributed by atoms with E-state index in [1.54, 1.807) is 6.92 Å². The summed E-state index contributed by atoms with van der Waals surface area (Å²) in [4.78, 5) is 25.0. The lowest BCUT2D eigenvalue weighted by Crippen LogP contribution is -2.39. The highest BCUT2D eigenvalue weighted by Crippen LogP contribution is 2.25. The second-order valence-electron chi connectivity index (χ2n) is 6.33. The molecule has 1 atom stereocenters. The van der Waals surface area contributed by atoms with Crippen LogP contribution in [0.3, 0.4) is 0 Å². The molecule has 0 amide bonds. The van der Waals surface area contributed by atoms with Crippen LogP contribution in [-0.4, -0.2) is 30.1 Å². The number of Topliss-reactive ketones (excluding diaryl/α,β-unsaturated/α-hetero) is 1. The molecule has 2 aromatic carbocycles. The third kappa shape index (κ3) is 4.83. The second kappa shape index (κ2) is 8.95. The lowest BCUT2D eigenvalue weighted by atomic mass is 9.87. The van der Waals surface area contributed by atoms with Crippen molar-refractivity contribution in [2.75, 3.05) is 6.61 Å². The van der Waals surface area contributed by atoms with E-state index in [1.165, 1.54) is 0 Å². The van der Waals surface area contributed by atoms with Gasteiger partial charge < -0.3 is 4.74 Å². The first-order chi connectivity index (χ1) is 13.1. The van der Waals surface area contributed by atoms with Crippen LogP contribution < -0.4 is 5.43 Å². The number of nitrogens with zero attached hydrogens (tertiary/aromatic N) is 1. The number of hydrazone groups is 1. The number of rotatable bonds is 6. The van der Waals surface area contributed by atoms with E-state index in [4.69, 9.17) is 4.74 Å². The fraction of sp³-hybridized carbons (Fsp3) is 0.286. The zero-order chi connectivity index (χ0) is 19.2. The first-order valence-electron chi connectivity index (χ1n) is 8.94. The van der Waals surface area contributed by atoms with E-state index < -0.39 is 12.0 Å². The van der Waals surface area contributed by atoms with E-state index in [9.17, 15) is 9.59 Å². The average molecular weight is 429 g/mol. The molecular weight excluding hydrogens is 408 g/mol. The Bertz CT molecular complexity index is 865. The zero-order valence-corrected chi connectivity index (χ0v) is 16.7. The molecule has 0 aliphatic heterocycles. The Balaban J connectivity index is 1.77. The van der Waals surface area contributed by atoms with Gasteiger partial charge in [0.15, 0.2) is 5.78 Å². The maximum absolute atomic E-state index is 12.8. The molecule has 1 aliphatic rings. The largest absolute Gasteiger partial charge is 0.461 e. The number of ketones is 1. The molecule has 0 bridgehead atoms. The summed E-state index contributed by atoms with van der Waals surface area (Å²) < 4.78 is 5.98. The summed E-state index contributed by atoms with van der Waals surface area (Å²) in [5, 5.41) is 4.27. The summed E-state index contributed by atoms with van der Waals surface area (Å²) in [6.45, 7) is 2.03. The van der Waals surface area contributed by atoms with E-state index in [0.717, 1.165) is 22.0 Å². The molecule has 140 valence electrons. The van der Waals surface area contributed by atoms with Crippen LogP contribution in [0.15, 0.2) is 58.1 Å². The molecule has 0 radical (unpaired) electrons. The molecule has 5 nitrogen and oxygen atoms in total. The normalized spacial score (nSPS) is 16.6. The molecule has 0 heterocycles. The number of hydrogen-bond donors (Lipinski definition) is 1. The summed E-state index contributed by atoms with van der Waals surface area (Å²) in [6.07, 6.45) is 1.77. The van der Waals surface area contributed by atoms with Crippen LogP contribution in [0.2, 0.25) is 0 Å². The highest BCUT2D eigenvalue weighted by Gasteiger charge is 2.27. The zero-order valence-electron chi connectivity index (χ0n) is 15.1. The Morgan fingerprint density at radius 3 is 2.78 bits per heavy atom. The molecule has 6 heteroatoms. The molecule has 2 aromatic rings. The molecule has 1 N–H and O–H groups in total. The van der Waals surface area contributed by atoms with Crippen molar-refractivity contribution >= 4 is 33.4 Å². The highest BCUT2D eigenvalue weighted by atomic mass is 79.9. The van der Waals surface area contributed by atoms with E-state index in [0.29, 0.717) is 18.4 Å². The molecule has 27 heavy (non-hydrogen) atoms. The molecule has 0 fully saturated rings. The van der Waals surface area contributed by atoms with Crippen LogP contribution in [0, 0.1) is 0 Å². The van der Waals surface area contributed by atoms with Crippen LogP contribution in [0.4, 0.5) is 0 Å². The van der Waals surface area contributed by atoms with Crippen molar-refractivity contribution in [3.05, 3.63) is 69.7 Å². The third-order valence-electron chi connectivity index (χ3n) is 4.44. The number of fused-ring (bicyclic) bond motifs is 1. The minimum Gasteiger partial charge on any atom is -0.461 e. The Morgan fingerprint density at radius 2 is 2.04 bits per heavy atom. The van der Waals surface area contributed by atoms with Crippen molar-refractivity contribution in [2.45, 2.75) is 32.2 Å². The Hall–Kier alpha value is -2.47. The quantitative estimate of drug-likeness (QED) is 0.432. The van der Waals surface area contributed by atoms with Gasteiger partial charge in [0.25, 0.3) is 0 Å². The lowest BCUT2D eigenvalue weighted by molar-refractivity contribution is -0.135. The van der Waals surface area contributed by atoms with E-state index in [2.05, 4.69) is 26.5 Å². The van der Waals surface area contributed by atoms with Gasteiger partial charge in [-0.3, -0.25) is 10.2 Å². The SMILES string of the molecule is CCOC(=O)/C(Cc1ccccc1)=N/NC1CCc2ccc(Br)cc2C1=O. The number of carbonyl (C=O) groups excluding carboxylic acids is 2. The van der Waals surface area contributed by atoms with Gasteiger partial charge in [0, 0.05) is 16.5 Å². The number of carbonyl (C=O) groups is 2. The van der Waals surface area contributed by atoms with E-state index >= 15 is 0 Å². The molecule has 0 saturated heterocycles. The van der Waals surface area contributed by atoms with Crippen molar-refractivity contribution in [1.82, 2.24) is 5.43 Å². The Morgan fingerprint density at radius 1 is 1.26 bits per heavy atom. The minimum absolute atomic E-state index is 0.00998. The molecule has 0 spiro atoms. The number of ether oxygens (including phenoxy) is 1. The predicted octanol–water partition coefficient (Wildman–Crippen LogP) is 3.70. The van der Waals surface area contributed by atoms with Gasteiger partial charge in [0.2, 0.25) is 0 Å². The second-order valence-corrected chi connectivity index (χ2v) is 7.24. The summed E-state index contributed by atoms with van der Waals surface area (Å²) in [7, 11) is 0. The first kappa shape index (κ1) is 19.3. The monoisotopic (exact) mass is 428 g/mol. The summed E-state index contributed by atoms with van der Waals surface area (Å²) >= 11 is 3.41. The number of benzene rings is 2. The first-order valence-corrected chi connectivity index (χ1v) is 9.73. The van der Waals surface area contributed by atoms with Crippen LogP contribution in [0.25, 0.3) is 0 Å². The van der Waals surface area contributed by atoms with Gasteiger partial charge in [0.05, 0.1) is 6.61 Å². The number of halogens is 1. The van der Waals surface area contributed by atoms with Crippen molar-refractivity contribution in [3.63, 3.8) is 0 Å². The Kier molecular flexibility index (Phi) is 6.40. The van der Waals surface area contributed by atoms with E-state index in [-0.39, 0.29) is 18.1 Å². The maximum atomic E-state index is 12.8. The topological polar surface area (TPSA) is 67.8 Å². The lowest BCUT2D eigenvalue weighted by Gasteiger charge is -2.23. The molecular formula is C21H21BrN2O3. The molecule has 0 aromatic heterocycles. The fourth-order valence-electron chi connectivity index (χ4n) is 3.05. The van der Waals surface area contributed by atoms with E-state index in [1.807, 2.05) is 48.5 Å². The third-order valence-corrected chi connectivity index (χ3v) is 4.93. The number of esters is 1. The molecule has 0 saturated carbocycles. The smallest absolute Gasteiger partial charge is 0.354 e. The standard InChI is InChI=1S/C21H21BrN2O3/c1-2-27-21(26)19(12-14-6-4-3-5-7-14)24-23-18-11-9-15-8-10-16(22)13-17(15)20(18)25/h3-8,10,13,18,23H,2,9,11-12H2,1H3/b24-19+. The fourth-order valence-corrected chi connectivity index (χ4v) is 3.42. The van der Waals surface area contributed by atoms with Crippen LogP contribution in [0.1, 0.15) is 34.8 Å². The van der Waals surface area contributed by atoms with Crippen molar-refractivity contribution in [2.24, 2.45) is 5.10 Å². The summed E-state index contributed by atoms with van der Waals surface area (Å²) in [5.41, 5.74) is 5.87. The molecule has 1 unspecified atom stereocenters. The van der Waals surface area contributed by atoms with Crippen molar-refractivity contribution in [3.8, 4) is 0 Å². The van der Waals surface area contributed by atoms with Crippen LogP contribution in [0.5, 0.6) is 0 Å². The van der Waals surface area contributed by atoms with Gasteiger partial charge in [-0.25, -0.2) is 4.79 Å². The van der Waals surface area contributed by atoms with Gasteiger partial charge in [-0.15, -0.1) is 0 Å². The van der Waals surface area contributed by atoms with Crippen molar-refractivity contribution in [1.29, 1.82) is 0 Å². The molecule has 3 rings (SSSR count). The van der Waals surface area contributed by atoms with Gasteiger partial charge in [-0.05, 0) is 43.0 Å². The van der Waals surface area contributed by atoms with Crippen molar-refractivity contribution < 1.29 is 14.3 Å². The maximum Gasteiger partial charge on any atom is 0.354 e. The average Bonchev–Trinajstić information content (AvgIpc) is 2.68.